The highest BCUT2D eigenvalue weighted by Gasteiger charge is 2.09. The molecule has 0 amide bonds. The highest BCUT2D eigenvalue weighted by molar-refractivity contribution is 7.85. The fourth-order valence-electron chi connectivity index (χ4n) is 1.38. The number of rotatable bonds is 2. The molecule has 2 aromatic carbocycles. The van der Waals surface area contributed by atoms with Gasteiger partial charge in [0, 0.05) is 4.90 Å². The Balaban J connectivity index is 2.40. The molecule has 0 aliphatic heterocycles. The lowest BCUT2D eigenvalue weighted by Crippen LogP contribution is -1.93. The number of halogens is 1. The second kappa shape index (κ2) is 4.81. The van der Waals surface area contributed by atoms with Gasteiger partial charge in [-0.1, -0.05) is 41.4 Å². The van der Waals surface area contributed by atoms with Crippen LogP contribution >= 0.6 is 11.6 Å². The van der Waals surface area contributed by atoms with Crippen molar-refractivity contribution in [1.29, 1.82) is 0 Å². The van der Waals surface area contributed by atoms with Crippen LogP contribution in [0.1, 0.15) is 5.56 Å². The van der Waals surface area contributed by atoms with Crippen LogP contribution < -0.4 is 0 Å². The van der Waals surface area contributed by atoms with E-state index in [1.807, 2.05) is 43.3 Å². The molecule has 16 heavy (non-hydrogen) atoms. The molecule has 0 spiro atoms. The minimum absolute atomic E-state index is 0.543. The van der Waals surface area contributed by atoms with E-state index in [1.54, 1.807) is 12.1 Å². The summed E-state index contributed by atoms with van der Waals surface area (Å²) in [6.07, 6.45) is 0. The zero-order chi connectivity index (χ0) is 11.5. The lowest BCUT2D eigenvalue weighted by atomic mass is 10.2. The van der Waals surface area contributed by atoms with Crippen molar-refractivity contribution >= 4 is 22.4 Å². The Labute approximate surface area is 103 Å². The molecule has 0 aromatic heterocycles. The van der Waals surface area contributed by atoms with E-state index in [4.69, 9.17) is 11.6 Å². The molecule has 0 unspecified atom stereocenters. The monoisotopic (exact) mass is 250 g/mol. The first-order chi connectivity index (χ1) is 7.68. The molecule has 0 aliphatic rings. The highest BCUT2D eigenvalue weighted by atomic mass is 35.5. The van der Waals surface area contributed by atoms with Crippen LogP contribution in [-0.2, 0) is 10.8 Å². The molecule has 3 heteroatoms. The number of hydrogen-bond donors (Lipinski definition) is 0. The molecular formula is C13H11ClOS. The maximum atomic E-state index is 12.2. The van der Waals surface area contributed by atoms with E-state index in [-0.39, 0.29) is 0 Å². The highest BCUT2D eigenvalue weighted by Crippen LogP contribution is 2.23. The zero-order valence-electron chi connectivity index (χ0n) is 8.81. The van der Waals surface area contributed by atoms with Crippen molar-refractivity contribution in [3.05, 3.63) is 59.1 Å². The first-order valence-corrected chi connectivity index (χ1v) is 6.44. The van der Waals surface area contributed by atoms with Crippen LogP contribution in [0, 0.1) is 6.92 Å². The van der Waals surface area contributed by atoms with Gasteiger partial charge in [-0.25, -0.2) is 4.21 Å². The summed E-state index contributed by atoms with van der Waals surface area (Å²) in [5.74, 6) is 0. The van der Waals surface area contributed by atoms with E-state index in [0.717, 1.165) is 10.5 Å². The van der Waals surface area contributed by atoms with Crippen molar-refractivity contribution in [2.24, 2.45) is 0 Å². The van der Waals surface area contributed by atoms with Crippen LogP contribution in [0.2, 0.25) is 5.02 Å². The summed E-state index contributed by atoms with van der Waals surface area (Å²) in [4.78, 5) is 1.44. The van der Waals surface area contributed by atoms with Gasteiger partial charge in [0.05, 0.1) is 20.7 Å². The van der Waals surface area contributed by atoms with Crippen LogP contribution in [0.5, 0.6) is 0 Å². The second-order valence-corrected chi connectivity index (χ2v) is 5.37. The normalized spacial score (nSPS) is 12.4. The van der Waals surface area contributed by atoms with Gasteiger partial charge in [0.2, 0.25) is 0 Å². The SMILES string of the molecule is Cc1ccc([S@@](=O)c2ccccc2Cl)cc1. The third-order valence-corrected chi connectivity index (χ3v) is 4.17. The molecule has 0 heterocycles. The van der Waals surface area contributed by atoms with E-state index < -0.39 is 10.8 Å². The molecule has 2 rings (SSSR count). The zero-order valence-corrected chi connectivity index (χ0v) is 10.4. The lowest BCUT2D eigenvalue weighted by Gasteiger charge is -2.04. The van der Waals surface area contributed by atoms with Crippen LogP contribution in [0.25, 0.3) is 0 Å². The van der Waals surface area contributed by atoms with Crippen LogP contribution in [0.3, 0.4) is 0 Å². The predicted octanol–water partition coefficient (Wildman–Crippen LogP) is 3.82. The Morgan fingerprint density at radius 2 is 1.62 bits per heavy atom. The van der Waals surface area contributed by atoms with Gasteiger partial charge in [-0.3, -0.25) is 0 Å². The Kier molecular flexibility index (Phi) is 3.42. The van der Waals surface area contributed by atoms with Gasteiger partial charge in [-0.2, -0.15) is 0 Å². The minimum Gasteiger partial charge on any atom is -0.249 e. The fraction of sp³-hybridized carbons (Fsp3) is 0.0769. The van der Waals surface area contributed by atoms with Crippen molar-refractivity contribution in [3.63, 3.8) is 0 Å². The summed E-state index contributed by atoms with van der Waals surface area (Å²) >= 11 is 6.01. The van der Waals surface area contributed by atoms with E-state index in [1.165, 1.54) is 0 Å². The van der Waals surface area contributed by atoms with Gasteiger partial charge in [-0.15, -0.1) is 0 Å². The molecule has 1 nitrogen and oxygen atoms in total. The van der Waals surface area contributed by atoms with Crippen LogP contribution in [-0.4, -0.2) is 4.21 Å². The van der Waals surface area contributed by atoms with Gasteiger partial charge < -0.3 is 0 Å². The van der Waals surface area contributed by atoms with Gasteiger partial charge in [0.1, 0.15) is 0 Å². The summed E-state index contributed by atoms with van der Waals surface area (Å²) in [7, 11) is -1.20. The summed E-state index contributed by atoms with van der Waals surface area (Å²) in [5.41, 5.74) is 1.15. The van der Waals surface area contributed by atoms with Crippen LogP contribution in [0.15, 0.2) is 58.3 Å². The molecule has 0 saturated carbocycles. The average Bonchev–Trinajstić information content (AvgIpc) is 2.30. The first kappa shape index (κ1) is 11.4. The van der Waals surface area contributed by atoms with Crippen molar-refractivity contribution < 1.29 is 4.21 Å². The molecule has 2 aromatic rings. The molecule has 0 aliphatic carbocycles. The summed E-state index contributed by atoms with van der Waals surface area (Å²) < 4.78 is 12.2. The molecule has 0 bridgehead atoms. The summed E-state index contributed by atoms with van der Waals surface area (Å²) in [6, 6.07) is 14.9. The average molecular weight is 251 g/mol. The fourth-order valence-corrected chi connectivity index (χ4v) is 2.81. The van der Waals surface area contributed by atoms with Gasteiger partial charge in [0.25, 0.3) is 0 Å². The maximum absolute atomic E-state index is 12.2. The maximum Gasteiger partial charge on any atom is 0.0864 e. The third kappa shape index (κ3) is 2.34. The number of hydrogen-bond acceptors (Lipinski definition) is 1. The van der Waals surface area contributed by atoms with Crippen molar-refractivity contribution in [3.8, 4) is 0 Å². The van der Waals surface area contributed by atoms with Crippen LogP contribution in [0.4, 0.5) is 0 Å². The first-order valence-electron chi connectivity index (χ1n) is 4.91. The minimum atomic E-state index is -1.20. The van der Waals surface area contributed by atoms with Gasteiger partial charge in [0.15, 0.2) is 0 Å². The number of aryl methyl sites for hydroxylation is 1. The summed E-state index contributed by atoms with van der Waals surface area (Å²) in [5, 5.41) is 0.543. The molecule has 0 radical (unpaired) electrons. The smallest absolute Gasteiger partial charge is 0.0864 e. The standard InChI is InChI=1S/C13H11ClOS/c1-10-6-8-11(9-7-10)16(15)13-5-3-2-4-12(13)14/h2-9H,1H3/t16-/m1/s1. The van der Waals surface area contributed by atoms with E-state index in [9.17, 15) is 4.21 Å². The van der Waals surface area contributed by atoms with Crippen molar-refractivity contribution in [1.82, 2.24) is 0 Å². The lowest BCUT2D eigenvalue weighted by molar-refractivity contribution is 0.683. The van der Waals surface area contributed by atoms with E-state index in [2.05, 4.69) is 0 Å². The molecule has 0 N–H and O–H groups in total. The molecular weight excluding hydrogens is 240 g/mol. The van der Waals surface area contributed by atoms with Crippen molar-refractivity contribution in [2.75, 3.05) is 0 Å². The van der Waals surface area contributed by atoms with E-state index in [0.29, 0.717) is 9.92 Å². The molecule has 0 saturated heterocycles. The Bertz CT molecular complexity index is 520. The second-order valence-electron chi connectivity index (χ2n) is 3.51. The topological polar surface area (TPSA) is 17.1 Å². The van der Waals surface area contributed by atoms with Gasteiger partial charge >= 0.3 is 0 Å². The quantitative estimate of drug-likeness (QED) is 0.792. The summed E-state index contributed by atoms with van der Waals surface area (Å²) in [6.45, 7) is 2.00. The number of benzene rings is 2. The molecule has 0 fully saturated rings. The molecule has 82 valence electrons. The third-order valence-electron chi connectivity index (χ3n) is 2.27. The largest absolute Gasteiger partial charge is 0.249 e. The molecule has 1 atom stereocenters. The van der Waals surface area contributed by atoms with E-state index >= 15 is 0 Å². The Morgan fingerprint density at radius 1 is 1.00 bits per heavy atom. The van der Waals surface area contributed by atoms with Gasteiger partial charge in [-0.05, 0) is 31.2 Å². The van der Waals surface area contributed by atoms with Crippen molar-refractivity contribution in [2.45, 2.75) is 16.7 Å². The Morgan fingerprint density at radius 3 is 2.25 bits per heavy atom. The predicted molar refractivity (Wildman–Crippen MR) is 67.3 cm³/mol. The Hall–Kier alpha value is -1.12.